The SMILES string of the molecule is CCCC(CNC(=O)CC1CCCCC1)C(=O)O. The van der Waals surface area contributed by atoms with Gasteiger partial charge in [-0.25, -0.2) is 0 Å². The molecule has 4 heteroatoms. The van der Waals surface area contributed by atoms with Crippen molar-refractivity contribution in [3.63, 3.8) is 0 Å². The fourth-order valence-electron chi connectivity index (χ4n) is 2.62. The van der Waals surface area contributed by atoms with Crippen LogP contribution in [0, 0.1) is 11.8 Å². The molecule has 4 nitrogen and oxygen atoms in total. The minimum atomic E-state index is -0.810. The third-order valence-corrected chi connectivity index (χ3v) is 3.73. The Hall–Kier alpha value is -1.06. The minimum Gasteiger partial charge on any atom is -0.481 e. The molecule has 1 aliphatic rings. The van der Waals surface area contributed by atoms with Crippen LogP contribution in [-0.2, 0) is 9.59 Å². The Morgan fingerprint density at radius 1 is 1.28 bits per heavy atom. The Kier molecular flexibility index (Phi) is 6.76. The molecule has 2 N–H and O–H groups in total. The van der Waals surface area contributed by atoms with Crippen LogP contribution in [0.2, 0.25) is 0 Å². The molecule has 1 unspecified atom stereocenters. The summed E-state index contributed by atoms with van der Waals surface area (Å²) in [7, 11) is 0. The number of carbonyl (C=O) groups excluding carboxylic acids is 1. The van der Waals surface area contributed by atoms with E-state index in [1.54, 1.807) is 0 Å². The second kappa shape index (κ2) is 8.11. The summed E-state index contributed by atoms with van der Waals surface area (Å²) in [4.78, 5) is 22.7. The molecule has 1 aliphatic carbocycles. The largest absolute Gasteiger partial charge is 0.481 e. The zero-order valence-electron chi connectivity index (χ0n) is 11.3. The highest BCUT2D eigenvalue weighted by Crippen LogP contribution is 2.26. The smallest absolute Gasteiger partial charge is 0.308 e. The Morgan fingerprint density at radius 3 is 2.50 bits per heavy atom. The molecule has 1 fully saturated rings. The first kappa shape index (κ1) is 15.0. The fraction of sp³-hybridized carbons (Fsp3) is 0.857. The first-order chi connectivity index (χ1) is 8.63. The van der Waals surface area contributed by atoms with Crippen molar-refractivity contribution < 1.29 is 14.7 Å². The molecule has 0 heterocycles. The van der Waals surface area contributed by atoms with Gasteiger partial charge in [0.25, 0.3) is 0 Å². The molecule has 1 rings (SSSR count). The summed E-state index contributed by atoms with van der Waals surface area (Å²) in [5.41, 5.74) is 0. The molecule has 0 aliphatic heterocycles. The van der Waals surface area contributed by atoms with Crippen molar-refractivity contribution in [1.29, 1.82) is 0 Å². The van der Waals surface area contributed by atoms with E-state index in [9.17, 15) is 9.59 Å². The zero-order chi connectivity index (χ0) is 13.4. The molecule has 104 valence electrons. The number of carboxylic acid groups (broad SMARTS) is 1. The van der Waals surface area contributed by atoms with Gasteiger partial charge in [0.2, 0.25) is 5.91 Å². The second-order valence-corrected chi connectivity index (χ2v) is 5.34. The summed E-state index contributed by atoms with van der Waals surface area (Å²) in [6.45, 7) is 2.23. The minimum absolute atomic E-state index is 0.0178. The summed E-state index contributed by atoms with van der Waals surface area (Å²) in [5, 5.41) is 11.8. The lowest BCUT2D eigenvalue weighted by atomic mass is 9.87. The van der Waals surface area contributed by atoms with Gasteiger partial charge in [0.1, 0.15) is 0 Å². The maximum atomic E-state index is 11.7. The van der Waals surface area contributed by atoms with Gasteiger partial charge in [-0.1, -0.05) is 32.6 Å². The summed E-state index contributed by atoms with van der Waals surface area (Å²) in [6, 6.07) is 0. The van der Waals surface area contributed by atoms with E-state index in [2.05, 4.69) is 5.32 Å². The van der Waals surface area contributed by atoms with Crippen LogP contribution in [0.3, 0.4) is 0 Å². The van der Waals surface area contributed by atoms with Gasteiger partial charge < -0.3 is 10.4 Å². The molecule has 1 saturated carbocycles. The number of hydrogen-bond donors (Lipinski definition) is 2. The van der Waals surface area contributed by atoms with Crippen molar-refractivity contribution in [2.45, 2.75) is 58.3 Å². The number of rotatable bonds is 7. The van der Waals surface area contributed by atoms with Crippen molar-refractivity contribution in [1.82, 2.24) is 5.32 Å². The van der Waals surface area contributed by atoms with Crippen LogP contribution in [0.4, 0.5) is 0 Å². The summed E-state index contributed by atoms with van der Waals surface area (Å²) < 4.78 is 0. The number of carboxylic acids is 1. The topological polar surface area (TPSA) is 66.4 Å². The lowest BCUT2D eigenvalue weighted by Gasteiger charge is -2.21. The molecular formula is C14H25NO3. The van der Waals surface area contributed by atoms with E-state index in [4.69, 9.17) is 5.11 Å². The van der Waals surface area contributed by atoms with Crippen LogP contribution >= 0.6 is 0 Å². The Morgan fingerprint density at radius 2 is 1.94 bits per heavy atom. The molecule has 1 atom stereocenters. The van der Waals surface area contributed by atoms with Crippen molar-refractivity contribution in [3.05, 3.63) is 0 Å². The monoisotopic (exact) mass is 255 g/mol. The number of carbonyl (C=O) groups is 2. The molecular weight excluding hydrogens is 230 g/mol. The number of aliphatic carboxylic acids is 1. The summed E-state index contributed by atoms with van der Waals surface area (Å²) in [5.74, 6) is -0.724. The quantitative estimate of drug-likeness (QED) is 0.734. The Bertz CT molecular complexity index is 272. The first-order valence-electron chi connectivity index (χ1n) is 7.13. The number of amides is 1. The van der Waals surface area contributed by atoms with Gasteiger partial charge in [0.15, 0.2) is 0 Å². The zero-order valence-corrected chi connectivity index (χ0v) is 11.3. The molecule has 18 heavy (non-hydrogen) atoms. The highest BCUT2D eigenvalue weighted by molar-refractivity contribution is 5.77. The Balaban J connectivity index is 2.24. The lowest BCUT2D eigenvalue weighted by molar-refractivity contribution is -0.141. The highest BCUT2D eigenvalue weighted by Gasteiger charge is 2.20. The van der Waals surface area contributed by atoms with Crippen LogP contribution in [0.1, 0.15) is 58.3 Å². The highest BCUT2D eigenvalue weighted by atomic mass is 16.4. The molecule has 0 spiro atoms. The van der Waals surface area contributed by atoms with E-state index in [0.717, 1.165) is 19.3 Å². The van der Waals surface area contributed by atoms with Gasteiger partial charge in [0.05, 0.1) is 5.92 Å². The molecule has 0 aromatic carbocycles. The second-order valence-electron chi connectivity index (χ2n) is 5.34. The van der Waals surface area contributed by atoms with E-state index in [1.165, 1.54) is 19.3 Å². The lowest BCUT2D eigenvalue weighted by Crippen LogP contribution is -2.34. The standard InChI is InChI=1S/C14H25NO3/c1-2-6-12(14(17)18)10-15-13(16)9-11-7-4-3-5-8-11/h11-12H,2-10H2,1H3,(H,15,16)(H,17,18). The molecule has 0 aromatic heterocycles. The van der Waals surface area contributed by atoms with E-state index in [-0.39, 0.29) is 12.5 Å². The van der Waals surface area contributed by atoms with Crippen LogP contribution < -0.4 is 5.32 Å². The predicted octanol–water partition coefficient (Wildman–Crippen LogP) is 2.57. The third-order valence-electron chi connectivity index (χ3n) is 3.73. The molecule has 0 aromatic rings. The van der Waals surface area contributed by atoms with Crippen molar-refractivity contribution in [2.75, 3.05) is 6.54 Å². The number of hydrogen-bond acceptors (Lipinski definition) is 2. The van der Waals surface area contributed by atoms with Crippen LogP contribution in [0.25, 0.3) is 0 Å². The van der Waals surface area contributed by atoms with Gasteiger partial charge in [-0.2, -0.15) is 0 Å². The molecule has 0 saturated heterocycles. The third kappa shape index (κ3) is 5.52. The summed E-state index contributed by atoms with van der Waals surface area (Å²) >= 11 is 0. The summed E-state index contributed by atoms with van der Waals surface area (Å²) in [6.07, 6.45) is 8.05. The van der Waals surface area contributed by atoms with E-state index >= 15 is 0 Å². The van der Waals surface area contributed by atoms with E-state index < -0.39 is 11.9 Å². The van der Waals surface area contributed by atoms with Crippen molar-refractivity contribution in [2.24, 2.45) is 11.8 Å². The van der Waals surface area contributed by atoms with Gasteiger partial charge in [-0.3, -0.25) is 9.59 Å². The average Bonchev–Trinajstić information content (AvgIpc) is 2.35. The average molecular weight is 255 g/mol. The molecule has 0 radical (unpaired) electrons. The van der Waals surface area contributed by atoms with Crippen LogP contribution in [0.15, 0.2) is 0 Å². The number of nitrogens with one attached hydrogen (secondary N) is 1. The van der Waals surface area contributed by atoms with Gasteiger partial charge >= 0.3 is 5.97 Å². The Labute approximate surface area is 109 Å². The van der Waals surface area contributed by atoms with Gasteiger partial charge in [0, 0.05) is 13.0 Å². The van der Waals surface area contributed by atoms with Crippen molar-refractivity contribution in [3.8, 4) is 0 Å². The van der Waals surface area contributed by atoms with Gasteiger partial charge in [-0.15, -0.1) is 0 Å². The molecule has 1 amide bonds. The maximum absolute atomic E-state index is 11.7. The van der Waals surface area contributed by atoms with E-state index in [0.29, 0.717) is 18.8 Å². The first-order valence-corrected chi connectivity index (χ1v) is 7.13. The predicted molar refractivity (Wildman–Crippen MR) is 70.2 cm³/mol. The van der Waals surface area contributed by atoms with E-state index in [1.807, 2.05) is 6.92 Å². The fourth-order valence-corrected chi connectivity index (χ4v) is 2.62. The maximum Gasteiger partial charge on any atom is 0.308 e. The normalized spacial score (nSPS) is 18.3. The molecule has 0 bridgehead atoms. The van der Waals surface area contributed by atoms with Crippen LogP contribution in [-0.4, -0.2) is 23.5 Å². The van der Waals surface area contributed by atoms with Gasteiger partial charge in [-0.05, 0) is 25.2 Å². The van der Waals surface area contributed by atoms with Crippen LogP contribution in [0.5, 0.6) is 0 Å². The van der Waals surface area contributed by atoms with Crippen molar-refractivity contribution >= 4 is 11.9 Å².